The van der Waals surface area contributed by atoms with E-state index in [1.807, 2.05) is 6.92 Å². The molecule has 0 amide bonds. The molecule has 0 aliphatic carbocycles. The van der Waals surface area contributed by atoms with E-state index in [0.29, 0.717) is 6.54 Å². The van der Waals surface area contributed by atoms with Crippen molar-refractivity contribution in [1.29, 1.82) is 0 Å². The summed E-state index contributed by atoms with van der Waals surface area (Å²) in [5, 5.41) is 7.41. The van der Waals surface area contributed by atoms with Crippen LogP contribution in [-0.4, -0.2) is 22.4 Å². The van der Waals surface area contributed by atoms with Crippen LogP contribution in [-0.2, 0) is 6.54 Å². The molecule has 84 valence electrons. The molecule has 0 fully saturated rings. The molecule has 0 aromatic carbocycles. The fourth-order valence-electron chi connectivity index (χ4n) is 1.38. The summed E-state index contributed by atoms with van der Waals surface area (Å²) >= 11 is 0. The molecule has 0 aliphatic rings. The number of hydrogen-bond acceptors (Lipinski definition) is 3. The van der Waals surface area contributed by atoms with E-state index in [9.17, 15) is 4.79 Å². The van der Waals surface area contributed by atoms with Crippen molar-refractivity contribution in [3.63, 3.8) is 0 Å². The lowest BCUT2D eigenvalue weighted by molar-refractivity contribution is 0.438. The number of nitrogens with one attached hydrogen (secondary N) is 1. The predicted octanol–water partition coefficient (Wildman–Crippen LogP) is 0.940. The molecule has 0 aliphatic heterocycles. The summed E-state index contributed by atoms with van der Waals surface area (Å²) < 4.78 is 1.50. The first-order chi connectivity index (χ1) is 7.13. The van der Waals surface area contributed by atoms with Gasteiger partial charge in [0, 0.05) is 12.1 Å². The van der Waals surface area contributed by atoms with Gasteiger partial charge in [-0.3, -0.25) is 4.79 Å². The van der Waals surface area contributed by atoms with E-state index in [1.54, 1.807) is 12.3 Å². The van der Waals surface area contributed by atoms with Gasteiger partial charge in [0.25, 0.3) is 5.56 Å². The number of rotatable bonds is 5. The third-order valence-corrected chi connectivity index (χ3v) is 2.20. The quantitative estimate of drug-likeness (QED) is 0.785. The molecule has 0 saturated heterocycles. The van der Waals surface area contributed by atoms with E-state index >= 15 is 0 Å². The van der Waals surface area contributed by atoms with Crippen LogP contribution in [0.1, 0.15) is 25.8 Å². The first-order valence-corrected chi connectivity index (χ1v) is 5.40. The van der Waals surface area contributed by atoms with Gasteiger partial charge in [-0.15, -0.1) is 0 Å². The van der Waals surface area contributed by atoms with Crippen molar-refractivity contribution >= 4 is 0 Å². The maximum absolute atomic E-state index is 11.5. The monoisotopic (exact) mass is 209 g/mol. The minimum atomic E-state index is -0.0276. The van der Waals surface area contributed by atoms with Gasteiger partial charge in [-0.25, -0.2) is 4.68 Å². The fourth-order valence-corrected chi connectivity index (χ4v) is 1.38. The zero-order valence-corrected chi connectivity index (χ0v) is 9.66. The molecule has 4 heteroatoms. The van der Waals surface area contributed by atoms with Crippen molar-refractivity contribution in [3.05, 3.63) is 28.2 Å². The number of aromatic nitrogens is 2. The first-order valence-electron chi connectivity index (χ1n) is 5.40. The molecule has 0 radical (unpaired) electrons. The Morgan fingerprint density at radius 2 is 2.33 bits per heavy atom. The topological polar surface area (TPSA) is 46.9 Å². The molecule has 1 unspecified atom stereocenters. The summed E-state index contributed by atoms with van der Waals surface area (Å²) in [5.41, 5.74) is 0.880. The zero-order valence-electron chi connectivity index (χ0n) is 9.66. The van der Waals surface area contributed by atoms with Gasteiger partial charge in [0.05, 0.1) is 12.7 Å². The maximum Gasteiger partial charge on any atom is 0.267 e. The molecule has 1 rings (SSSR count). The highest BCUT2D eigenvalue weighted by atomic mass is 16.1. The Hall–Kier alpha value is -1.16. The first kappa shape index (κ1) is 11.9. The van der Waals surface area contributed by atoms with Crippen molar-refractivity contribution in [2.45, 2.75) is 39.8 Å². The zero-order chi connectivity index (χ0) is 11.3. The molecule has 0 bridgehead atoms. The average Bonchev–Trinajstić information content (AvgIpc) is 2.19. The fraction of sp³-hybridized carbons (Fsp3) is 0.636. The second kappa shape index (κ2) is 5.66. The Labute approximate surface area is 90.3 Å². The van der Waals surface area contributed by atoms with Crippen LogP contribution in [0.3, 0.4) is 0 Å². The Balaban J connectivity index is 2.60. The van der Waals surface area contributed by atoms with Crippen LogP contribution in [0.2, 0.25) is 0 Å². The maximum atomic E-state index is 11.5. The van der Waals surface area contributed by atoms with Gasteiger partial charge >= 0.3 is 0 Å². The van der Waals surface area contributed by atoms with Gasteiger partial charge in [0.15, 0.2) is 0 Å². The van der Waals surface area contributed by atoms with E-state index in [2.05, 4.69) is 24.3 Å². The van der Waals surface area contributed by atoms with Crippen LogP contribution in [0.15, 0.2) is 17.1 Å². The van der Waals surface area contributed by atoms with Crippen molar-refractivity contribution in [1.82, 2.24) is 15.1 Å². The van der Waals surface area contributed by atoms with E-state index in [-0.39, 0.29) is 11.6 Å². The standard InChI is InChI=1S/C11H19N3O/c1-4-5-12-10(3)8-14-11(15)6-9(2)7-13-14/h6-7,10,12H,4-5,8H2,1-3H3. The summed E-state index contributed by atoms with van der Waals surface area (Å²) in [4.78, 5) is 11.5. The van der Waals surface area contributed by atoms with E-state index in [0.717, 1.165) is 18.5 Å². The summed E-state index contributed by atoms with van der Waals surface area (Å²) in [5.74, 6) is 0. The van der Waals surface area contributed by atoms with Crippen molar-refractivity contribution in [3.8, 4) is 0 Å². The molecular formula is C11H19N3O. The SMILES string of the molecule is CCCNC(C)Cn1ncc(C)cc1=O. The second-order valence-electron chi connectivity index (χ2n) is 3.91. The lowest BCUT2D eigenvalue weighted by atomic mass is 10.3. The minimum Gasteiger partial charge on any atom is -0.312 e. The van der Waals surface area contributed by atoms with Gasteiger partial charge in [-0.1, -0.05) is 6.92 Å². The summed E-state index contributed by atoms with van der Waals surface area (Å²) in [6.45, 7) is 7.65. The molecule has 1 heterocycles. The van der Waals surface area contributed by atoms with Gasteiger partial charge < -0.3 is 5.32 Å². The molecule has 0 saturated carbocycles. The molecule has 15 heavy (non-hydrogen) atoms. The summed E-state index contributed by atoms with van der Waals surface area (Å²) in [6, 6.07) is 1.89. The van der Waals surface area contributed by atoms with Crippen molar-refractivity contribution in [2.24, 2.45) is 0 Å². The van der Waals surface area contributed by atoms with Crippen LogP contribution in [0.4, 0.5) is 0 Å². The third-order valence-electron chi connectivity index (χ3n) is 2.20. The van der Waals surface area contributed by atoms with Crippen LogP contribution in [0.25, 0.3) is 0 Å². The second-order valence-corrected chi connectivity index (χ2v) is 3.91. The average molecular weight is 209 g/mol. The Morgan fingerprint density at radius 3 is 2.93 bits per heavy atom. The van der Waals surface area contributed by atoms with Crippen molar-refractivity contribution < 1.29 is 0 Å². The van der Waals surface area contributed by atoms with Crippen molar-refractivity contribution in [2.75, 3.05) is 6.54 Å². The Morgan fingerprint density at radius 1 is 1.60 bits per heavy atom. The smallest absolute Gasteiger partial charge is 0.267 e. The summed E-state index contributed by atoms with van der Waals surface area (Å²) in [7, 11) is 0. The van der Waals surface area contributed by atoms with E-state index < -0.39 is 0 Å². The Kier molecular flexibility index (Phi) is 4.49. The van der Waals surface area contributed by atoms with Gasteiger partial charge in [-0.2, -0.15) is 5.10 Å². The van der Waals surface area contributed by atoms with E-state index in [1.165, 1.54) is 4.68 Å². The highest BCUT2D eigenvalue weighted by Gasteiger charge is 2.03. The lowest BCUT2D eigenvalue weighted by Gasteiger charge is -2.13. The van der Waals surface area contributed by atoms with Gasteiger partial charge in [0.2, 0.25) is 0 Å². The predicted molar refractivity (Wildman–Crippen MR) is 61.0 cm³/mol. The highest BCUT2D eigenvalue weighted by Crippen LogP contribution is 1.90. The molecule has 1 aromatic rings. The molecule has 1 aromatic heterocycles. The van der Waals surface area contributed by atoms with Crippen LogP contribution < -0.4 is 10.9 Å². The van der Waals surface area contributed by atoms with E-state index in [4.69, 9.17) is 0 Å². The molecule has 1 N–H and O–H groups in total. The minimum absolute atomic E-state index is 0.0276. The highest BCUT2D eigenvalue weighted by molar-refractivity contribution is 5.02. The molecular weight excluding hydrogens is 190 g/mol. The van der Waals surface area contributed by atoms with Crippen LogP contribution in [0, 0.1) is 6.92 Å². The third kappa shape index (κ3) is 3.83. The summed E-state index contributed by atoms with van der Waals surface area (Å²) in [6.07, 6.45) is 2.81. The number of aryl methyl sites for hydroxylation is 1. The van der Waals surface area contributed by atoms with Gasteiger partial charge in [0.1, 0.15) is 0 Å². The molecule has 1 atom stereocenters. The van der Waals surface area contributed by atoms with Crippen LogP contribution >= 0.6 is 0 Å². The van der Waals surface area contributed by atoms with Gasteiger partial charge in [-0.05, 0) is 32.4 Å². The normalized spacial score (nSPS) is 12.7. The number of nitrogens with zero attached hydrogens (tertiary/aromatic N) is 2. The molecule has 0 spiro atoms. The lowest BCUT2D eigenvalue weighted by Crippen LogP contribution is -2.35. The largest absolute Gasteiger partial charge is 0.312 e. The Bertz CT molecular complexity index is 359. The number of hydrogen-bond donors (Lipinski definition) is 1. The molecule has 4 nitrogen and oxygen atoms in total. The van der Waals surface area contributed by atoms with Crippen LogP contribution in [0.5, 0.6) is 0 Å².